The van der Waals surface area contributed by atoms with Crippen LogP contribution in [0.4, 0.5) is 13.2 Å². The molecule has 20 heavy (non-hydrogen) atoms. The molecule has 1 aromatic carbocycles. The first-order valence-corrected chi connectivity index (χ1v) is 5.77. The summed E-state index contributed by atoms with van der Waals surface area (Å²) >= 11 is 0. The molecule has 1 aromatic rings. The molecule has 0 unspecified atom stereocenters. The molecule has 0 aromatic heterocycles. The SMILES string of the molecule is NCCNC(=O)CNC(=O)c1ccc(C(F)(F)F)cc1. The van der Waals surface area contributed by atoms with Crippen LogP contribution in [-0.2, 0) is 11.0 Å². The Morgan fingerprint density at radius 3 is 2.20 bits per heavy atom. The molecular weight excluding hydrogens is 275 g/mol. The van der Waals surface area contributed by atoms with E-state index in [1.807, 2.05) is 0 Å². The highest BCUT2D eigenvalue weighted by Crippen LogP contribution is 2.28. The molecule has 0 radical (unpaired) electrons. The second kappa shape index (κ2) is 6.90. The minimum atomic E-state index is -4.45. The van der Waals surface area contributed by atoms with E-state index < -0.39 is 23.6 Å². The van der Waals surface area contributed by atoms with Crippen molar-refractivity contribution in [3.05, 3.63) is 35.4 Å². The van der Waals surface area contributed by atoms with Gasteiger partial charge in [0.15, 0.2) is 0 Å². The average Bonchev–Trinajstić information content (AvgIpc) is 2.41. The highest BCUT2D eigenvalue weighted by molar-refractivity contribution is 5.96. The van der Waals surface area contributed by atoms with Gasteiger partial charge >= 0.3 is 6.18 Å². The maximum atomic E-state index is 12.3. The number of rotatable bonds is 5. The van der Waals surface area contributed by atoms with Crippen molar-refractivity contribution in [2.75, 3.05) is 19.6 Å². The van der Waals surface area contributed by atoms with E-state index in [-0.39, 0.29) is 25.2 Å². The van der Waals surface area contributed by atoms with Crippen LogP contribution in [-0.4, -0.2) is 31.4 Å². The third-order valence-corrected chi connectivity index (χ3v) is 2.35. The highest BCUT2D eigenvalue weighted by atomic mass is 19.4. The summed E-state index contributed by atoms with van der Waals surface area (Å²) in [5.74, 6) is -1.04. The van der Waals surface area contributed by atoms with Crippen molar-refractivity contribution in [3.8, 4) is 0 Å². The van der Waals surface area contributed by atoms with E-state index in [2.05, 4.69) is 10.6 Å². The molecule has 1 rings (SSSR count). The monoisotopic (exact) mass is 289 g/mol. The van der Waals surface area contributed by atoms with Crippen LogP contribution in [0.5, 0.6) is 0 Å². The third-order valence-electron chi connectivity index (χ3n) is 2.35. The average molecular weight is 289 g/mol. The van der Waals surface area contributed by atoms with Gasteiger partial charge < -0.3 is 16.4 Å². The lowest BCUT2D eigenvalue weighted by molar-refractivity contribution is -0.137. The lowest BCUT2D eigenvalue weighted by atomic mass is 10.1. The number of carbonyl (C=O) groups excluding carboxylic acids is 2. The van der Waals surface area contributed by atoms with Crippen molar-refractivity contribution in [1.82, 2.24) is 10.6 Å². The number of nitrogens with two attached hydrogens (primary N) is 1. The van der Waals surface area contributed by atoms with Gasteiger partial charge in [-0.15, -0.1) is 0 Å². The first-order valence-electron chi connectivity index (χ1n) is 5.77. The molecule has 0 fully saturated rings. The quantitative estimate of drug-likeness (QED) is 0.738. The van der Waals surface area contributed by atoms with Crippen LogP contribution in [0.3, 0.4) is 0 Å². The Morgan fingerprint density at radius 2 is 1.70 bits per heavy atom. The summed E-state index contributed by atoms with van der Waals surface area (Å²) < 4.78 is 37.0. The van der Waals surface area contributed by atoms with Crippen molar-refractivity contribution < 1.29 is 22.8 Å². The Bertz CT molecular complexity index is 472. The largest absolute Gasteiger partial charge is 0.416 e. The minimum absolute atomic E-state index is 0.0459. The first-order chi connectivity index (χ1) is 9.34. The van der Waals surface area contributed by atoms with Gasteiger partial charge in [-0.3, -0.25) is 9.59 Å². The summed E-state index contributed by atoms with van der Waals surface area (Å²) in [4.78, 5) is 22.8. The molecule has 0 heterocycles. The summed E-state index contributed by atoms with van der Waals surface area (Å²) in [5.41, 5.74) is 4.39. The van der Waals surface area contributed by atoms with Gasteiger partial charge in [-0.1, -0.05) is 0 Å². The lowest BCUT2D eigenvalue weighted by Gasteiger charge is -2.08. The van der Waals surface area contributed by atoms with Gasteiger partial charge in [0.25, 0.3) is 5.91 Å². The zero-order valence-electron chi connectivity index (χ0n) is 10.5. The zero-order chi connectivity index (χ0) is 15.2. The van der Waals surface area contributed by atoms with Gasteiger partial charge in [-0.25, -0.2) is 0 Å². The zero-order valence-corrected chi connectivity index (χ0v) is 10.5. The van der Waals surface area contributed by atoms with Gasteiger partial charge in [0, 0.05) is 18.7 Å². The molecule has 4 N–H and O–H groups in total. The van der Waals surface area contributed by atoms with Gasteiger partial charge in [-0.05, 0) is 24.3 Å². The molecule has 0 aliphatic rings. The van der Waals surface area contributed by atoms with Crippen molar-refractivity contribution in [2.45, 2.75) is 6.18 Å². The Kier molecular flexibility index (Phi) is 5.51. The van der Waals surface area contributed by atoms with Crippen LogP contribution in [0.15, 0.2) is 24.3 Å². The number of hydrogen-bond donors (Lipinski definition) is 3. The van der Waals surface area contributed by atoms with Crippen LogP contribution >= 0.6 is 0 Å². The normalized spacial score (nSPS) is 11.0. The number of alkyl halides is 3. The van der Waals surface area contributed by atoms with Crippen LogP contribution in [0, 0.1) is 0 Å². The summed E-state index contributed by atoms with van der Waals surface area (Å²) in [7, 11) is 0. The van der Waals surface area contributed by atoms with E-state index in [0.717, 1.165) is 24.3 Å². The van der Waals surface area contributed by atoms with Crippen molar-refractivity contribution in [2.24, 2.45) is 5.73 Å². The molecule has 0 saturated heterocycles. The molecule has 0 atom stereocenters. The minimum Gasteiger partial charge on any atom is -0.353 e. The van der Waals surface area contributed by atoms with Crippen molar-refractivity contribution in [1.29, 1.82) is 0 Å². The Hall–Kier alpha value is -2.09. The molecular formula is C12H14F3N3O2. The van der Waals surface area contributed by atoms with E-state index in [1.165, 1.54) is 0 Å². The fraction of sp³-hybridized carbons (Fsp3) is 0.333. The molecule has 0 bridgehead atoms. The summed E-state index contributed by atoms with van der Waals surface area (Å²) in [6, 6.07) is 3.72. The van der Waals surface area contributed by atoms with Crippen LogP contribution in [0.1, 0.15) is 15.9 Å². The number of halogens is 3. The molecule has 0 aliphatic heterocycles. The van der Waals surface area contributed by atoms with E-state index in [9.17, 15) is 22.8 Å². The van der Waals surface area contributed by atoms with E-state index >= 15 is 0 Å². The number of nitrogens with one attached hydrogen (secondary N) is 2. The number of amides is 2. The molecule has 0 spiro atoms. The molecule has 0 aliphatic carbocycles. The Labute approximate surface area is 113 Å². The highest BCUT2D eigenvalue weighted by Gasteiger charge is 2.30. The Morgan fingerprint density at radius 1 is 1.10 bits per heavy atom. The smallest absolute Gasteiger partial charge is 0.353 e. The van der Waals surface area contributed by atoms with Gasteiger partial charge in [0.1, 0.15) is 0 Å². The molecule has 110 valence electrons. The lowest BCUT2D eigenvalue weighted by Crippen LogP contribution is -2.38. The number of carbonyl (C=O) groups is 2. The second-order valence-corrected chi connectivity index (χ2v) is 3.90. The standard InChI is InChI=1S/C12H14F3N3O2/c13-12(14,15)9-3-1-8(2-4-9)11(20)18-7-10(19)17-6-5-16/h1-4H,5-7,16H2,(H,17,19)(H,18,20). The van der Waals surface area contributed by atoms with Crippen LogP contribution in [0.25, 0.3) is 0 Å². The molecule has 2 amide bonds. The predicted octanol–water partition coefficient (Wildman–Crippen LogP) is 0.510. The fourth-order valence-corrected chi connectivity index (χ4v) is 1.35. The summed E-state index contributed by atoms with van der Waals surface area (Å²) in [6.07, 6.45) is -4.45. The van der Waals surface area contributed by atoms with Gasteiger partial charge in [0.2, 0.25) is 5.91 Å². The second-order valence-electron chi connectivity index (χ2n) is 3.90. The topological polar surface area (TPSA) is 84.2 Å². The molecule has 0 saturated carbocycles. The van der Waals surface area contributed by atoms with E-state index in [0.29, 0.717) is 0 Å². The van der Waals surface area contributed by atoms with Crippen LogP contribution in [0.2, 0.25) is 0 Å². The summed E-state index contributed by atoms with van der Waals surface area (Å²) in [5, 5.41) is 4.73. The Balaban J connectivity index is 2.54. The van der Waals surface area contributed by atoms with Gasteiger partial charge in [-0.2, -0.15) is 13.2 Å². The fourth-order valence-electron chi connectivity index (χ4n) is 1.35. The maximum absolute atomic E-state index is 12.3. The van der Waals surface area contributed by atoms with Crippen molar-refractivity contribution in [3.63, 3.8) is 0 Å². The number of benzene rings is 1. The van der Waals surface area contributed by atoms with Crippen molar-refractivity contribution >= 4 is 11.8 Å². The van der Waals surface area contributed by atoms with E-state index in [4.69, 9.17) is 5.73 Å². The van der Waals surface area contributed by atoms with E-state index in [1.54, 1.807) is 0 Å². The first kappa shape index (κ1) is 16.0. The molecule has 8 heteroatoms. The maximum Gasteiger partial charge on any atom is 0.416 e. The third kappa shape index (κ3) is 4.88. The number of hydrogen-bond acceptors (Lipinski definition) is 3. The van der Waals surface area contributed by atoms with Crippen LogP contribution < -0.4 is 16.4 Å². The molecule has 5 nitrogen and oxygen atoms in total. The van der Waals surface area contributed by atoms with Gasteiger partial charge in [0.05, 0.1) is 12.1 Å². The predicted molar refractivity (Wildman–Crippen MR) is 65.8 cm³/mol. The summed E-state index contributed by atoms with van der Waals surface area (Å²) in [6.45, 7) is 0.299.